The van der Waals surface area contributed by atoms with Crippen LogP contribution in [0, 0.1) is 5.82 Å². The van der Waals surface area contributed by atoms with Crippen molar-refractivity contribution in [3.63, 3.8) is 0 Å². The number of aromatic nitrogens is 3. The van der Waals surface area contributed by atoms with Crippen molar-refractivity contribution < 1.29 is 9.18 Å². The molecular formula is C15H12FN5O. The molecule has 110 valence electrons. The van der Waals surface area contributed by atoms with E-state index in [1.165, 1.54) is 16.8 Å². The lowest BCUT2D eigenvalue weighted by Crippen LogP contribution is -2.11. The first-order valence-electron chi connectivity index (χ1n) is 6.43. The van der Waals surface area contributed by atoms with Crippen LogP contribution in [-0.4, -0.2) is 20.9 Å². The Kier molecular flexibility index (Phi) is 3.30. The molecule has 0 fully saturated rings. The van der Waals surface area contributed by atoms with E-state index in [-0.39, 0.29) is 5.82 Å². The molecule has 0 radical (unpaired) electrons. The van der Waals surface area contributed by atoms with Gasteiger partial charge in [0.05, 0.1) is 5.69 Å². The van der Waals surface area contributed by atoms with E-state index in [9.17, 15) is 9.18 Å². The van der Waals surface area contributed by atoms with E-state index in [0.29, 0.717) is 28.3 Å². The minimum absolute atomic E-state index is 0.318. The average molecular weight is 297 g/mol. The Hall–Kier alpha value is -3.22. The van der Waals surface area contributed by atoms with Crippen molar-refractivity contribution >= 4 is 11.7 Å². The molecule has 0 unspecified atom stereocenters. The summed E-state index contributed by atoms with van der Waals surface area (Å²) in [5.41, 5.74) is 13.4. The summed E-state index contributed by atoms with van der Waals surface area (Å²) in [4.78, 5) is 11.1. The summed E-state index contributed by atoms with van der Waals surface area (Å²) >= 11 is 0. The van der Waals surface area contributed by atoms with Gasteiger partial charge in [-0.3, -0.25) is 4.79 Å². The third-order valence-corrected chi connectivity index (χ3v) is 3.22. The van der Waals surface area contributed by atoms with Crippen molar-refractivity contribution in [2.24, 2.45) is 5.73 Å². The second kappa shape index (κ2) is 5.28. The van der Waals surface area contributed by atoms with E-state index >= 15 is 0 Å². The lowest BCUT2D eigenvalue weighted by molar-refractivity contribution is 0.100. The second-order valence-corrected chi connectivity index (χ2v) is 4.65. The van der Waals surface area contributed by atoms with Crippen molar-refractivity contribution in [2.45, 2.75) is 0 Å². The fraction of sp³-hybridized carbons (Fsp3) is 0. The smallest absolute Gasteiger partial charge is 0.248 e. The van der Waals surface area contributed by atoms with Crippen LogP contribution in [0.15, 0.2) is 48.5 Å². The quantitative estimate of drug-likeness (QED) is 0.769. The van der Waals surface area contributed by atoms with Crippen LogP contribution in [0.2, 0.25) is 0 Å². The van der Waals surface area contributed by atoms with Gasteiger partial charge in [-0.05, 0) is 48.5 Å². The predicted octanol–water partition coefficient (Wildman–Crippen LogP) is 1.75. The van der Waals surface area contributed by atoms with E-state index in [1.54, 1.807) is 36.4 Å². The van der Waals surface area contributed by atoms with Crippen molar-refractivity contribution in [2.75, 3.05) is 5.73 Å². The molecule has 4 N–H and O–H groups in total. The summed E-state index contributed by atoms with van der Waals surface area (Å²) in [6.07, 6.45) is 0. The molecule has 6 nitrogen and oxygen atoms in total. The Bertz CT molecular complexity index is 824. The zero-order valence-electron chi connectivity index (χ0n) is 11.4. The molecule has 1 amide bonds. The average Bonchev–Trinajstić information content (AvgIpc) is 2.90. The molecule has 1 aromatic heterocycles. The summed E-state index contributed by atoms with van der Waals surface area (Å²) in [5.74, 6) is -0.527. The maximum atomic E-state index is 13.0. The van der Waals surface area contributed by atoms with Crippen LogP contribution in [-0.2, 0) is 0 Å². The van der Waals surface area contributed by atoms with Crippen molar-refractivity contribution in [1.29, 1.82) is 0 Å². The van der Waals surface area contributed by atoms with Gasteiger partial charge in [0.2, 0.25) is 5.91 Å². The minimum atomic E-state index is -0.509. The number of amides is 1. The molecule has 0 bridgehead atoms. The summed E-state index contributed by atoms with van der Waals surface area (Å²) in [6, 6.07) is 12.3. The predicted molar refractivity (Wildman–Crippen MR) is 79.7 cm³/mol. The highest BCUT2D eigenvalue weighted by Gasteiger charge is 2.13. The molecule has 0 aliphatic heterocycles. The molecule has 0 aliphatic carbocycles. The van der Waals surface area contributed by atoms with E-state index in [2.05, 4.69) is 10.3 Å². The van der Waals surface area contributed by atoms with Gasteiger partial charge in [-0.25, -0.2) is 4.39 Å². The third-order valence-electron chi connectivity index (χ3n) is 3.22. The molecule has 0 saturated carbocycles. The number of rotatable bonds is 3. The maximum absolute atomic E-state index is 13.0. The Labute approximate surface area is 125 Å². The Morgan fingerprint density at radius 3 is 2.27 bits per heavy atom. The van der Waals surface area contributed by atoms with Crippen LogP contribution in [0.5, 0.6) is 0 Å². The molecule has 0 saturated heterocycles. The lowest BCUT2D eigenvalue weighted by Gasteiger charge is -2.04. The number of nitrogens with zero attached hydrogens (tertiary/aromatic N) is 3. The van der Waals surface area contributed by atoms with Crippen LogP contribution in [0.3, 0.4) is 0 Å². The summed E-state index contributed by atoms with van der Waals surface area (Å²) in [5, 5.41) is 8.01. The van der Waals surface area contributed by atoms with Gasteiger partial charge in [-0.15, -0.1) is 5.10 Å². The summed E-state index contributed by atoms with van der Waals surface area (Å²) in [7, 11) is 0. The second-order valence-electron chi connectivity index (χ2n) is 4.65. The zero-order valence-corrected chi connectivity index (χ0v) is 11.4. The fourth-order valence-electron chi connectivity index (χ4n) is 2.06. The molecule has 3 rings (SSSR count). The number of nitrogen functional groups attached to an aromatic ring is 1. The fourth-order valence-corrected chi connectivity index (χ4v) is 2.06. The van der Waals surface area contributed by atoms with E-state index < -0.39 is 5.91 Å². The van der Waals surface area contributed by atoms with E-state index in [0.717, 1.165) is 0 Å². The van der Waals surface area contributed by atoms with Gasteiger partial charge in [0.15, 0.2) is 5.82 Å². The van der Waals surface area contributed by atoms with E-state index in [4.69, 9.17) is 11.5 Å². The number of benzene rings is 2. The monoisotopic (exact) mass is 297 g/mol. The highest BCUT2D eigenvalue weighted by Crippen LogP contribution is 2.25. The summed E-state index contributed by atoms with van der Waals surface area (Å²) < 4.78 is 14.4. The largest absolute Gasteiger partial charge is 0.382 e. The molecule has 0 spiro atoms. The normalized spacial score (nSPS) is 10.6. The third kappa shape index (κ3) is 2.39. The number of primary amides is 1. The number of carbonyl (C=O) groups excluding carboxylic acids is 1. The van der Waals surface area contributed by atoms with Gasteiger partial charge in [0.25, 0.3) is 0 Å². The molecule has 2 aromatic carbocycles. The first-order chi connectivity index (χ1) is 10.6. The molecule has 3 aromatic rings. The Balaban J connectivity index is 1.99. The summed E-state index contributed by atoms with van der Waals surface area (Å²) in [6.45, 7) is 0. The van der Waals surface area contributed by atoms with Gasteiger partial charge in [0.1, 0.15) is 11.5 Å². The number of hydrogen-bond donors (Lipinski definition) is 2. The zero-order chi connectivity index (χ0) is 15.7. The molecular weight excluding hydrogens is 285 g/mol. The first-order valence-corrected chi connectivity index (χ1v) is 6.43. The van der Waals surface area contributed by atoms with Crippen molar-refractivity contribution in [3.05, 3.63) is 59.9 Å². The lowest BCUT2D eigenvalue weighted by atomic mass is 10.1. The van der Waals surface area contributed by atoms with Crippen LogP contribution in [0.1, 0.15) is 10.4 Å². The first kappa shape index (κ1) is 13.7. The van der Waals surface area contributed by atoms with Gasteiger partial charge in [-0.2, -0.15) is 4.68 Å². The van der Waals surface area contributed by atoms with Crippen LogP contribution in [0.4, 0.5) is 10.2 Å². The number of carbonyl (C=O) groups is 1. The highest BCUT2D eigenvalue weighted by atomic mass is 19.1. The maximum Gasteiger partial charge on any atom is 0.248 e. The molecule has 0 atom stereocenters. The minimum Gasteiger partial charge on any atom is -0.382 e. The van der Waals surface area contributed by atoms with Crippen LogP contribution in [0.25, 0.3) is 16.9 Å². The van der Waals surface area contributed by atoms with E-state index in [1.807, 2.05) is 0 Å². The van der Waals surface area contributed by atoms with Gasteiger partial charge in [0, 0.05) is 11.1 Å². The number of anilines is 1. The number of nitrogens with two attached hydrogens (primary N) is 2. The molecule has 1 heterocycles. The topological polar surface area (TPSA) is 99.8 Å². The van der Waals surface area contributed by atoms with Crippen LogP contribution >= 0.6 is 0 Å². The van der Waals surface area contributed by atoms with Gasteiger partial charge in [-0.1, -0.05) is 5.21 Å². The Morgan fingerprint density at radius 2 is 1.68 bits per heavy atom. The molecule has 0 aliphatic rings. The molecule has 7 heteroatoms. The standard InChI is InChI=1S/C15H12FN5O/c16-11-5-1-9(2-6-11)13-14(17)21(20-19-13)12-7-3-10(4-8-12)15(18)22/h1-8H,17H2,(H2,18,22). The molecule has 22 heavy (non-hydrogen) atoms. The van der Waals surface area contributed by atoms with Crippen LogP contribution < -0.4 is 11.5 Å². The van der Waals surface area contributed by atoms with Gasteiger partial charge < -0.3 is 11.5 Å². The highest BCUT2D eigenvalue weighted by molar-refractivity contribution is 5.92. The van der Waals surface area contributed by atoms with Gasteiger partial charge >= 0.3 is 0 Å². The number of halogens is 1. The Morgan fingerprint density at radius 1 is 1.05 bits per heavy atom. The SMILES string of the molecule is NC(=O)c1ccc(-n2nnc(-c3ccc(F)cc3)c2N)cc1. The van der Waals surface area contributed by atoms with Crippen molar-refractivity contribution in [1.82, 2.24) is 15.0 Å². The van der Waals surface area contributed by atoms with Crippen molar-refractivity contribution in [3.8, 4) is 16.9 Å². The number of hydrogen-bond acceptors (Lipinski definition) is 4.